The first-order chi connectivity index (χ1) is 9.94. The van der Waals surface area contributed by atoms with Gasteiger partial charge in [-0.05, 0) is 33.6 Å². The zero-order chi connectivity index (χ0) is 17.3. The number of hydrogen-bond donors (Lipinski definition) is 0. The molecule has 0 aliphatic carbocycles. The number of esters is 1. The molecule has 0 aromatic carbocycles. The SMILES string of the molecule is COC(=O)[C@@H](OC(=O)N1C(C)(C)COC1(C)C)[C@@H](C)C(C)C. The maximum absolute atomic E-state index is 12.7. The van der Waals surface area contributed by atoms with Crippen molar-refractivity contribution in [2.75, 3.05) is 13.7 Å². The largest absolute Gasteiger partial charge is 0.466 e. The molecule has 0 N–H and O–H groups in total. The molecule has 0 aromatic rings. The van der Waals surface area contributed by atoms with E-state index in [0.717, 1.165) is 0 Å². The lowest BCUT2D eigenvalue weighted by Crippen LogP contribution is -2.54. The van der Waals surface area contributed by atoms with E-state index in [9.17, 15) is 9.59 Å². The molecule has 2 atom stereocenters. The lowest BCUT2D eigenvalue weighted by molar-refractivity contribution is -0.156. The third-order valence-corrected chi connectivity index (χ3v) is 4.30. The predicted octanol–water partition coefficient (Wildman–Crippen LogP) is 2.80. The van der Waals surface area contributed by atoms with E-state index in [2.05, 4.69) is 0 Å². The summed E-state index contributed by atoms with van der Waals surface area (Å²) in [6, 6.07) is 0. The maximum Gasteiger partial charge on any atom is 0.413 e. The van der Waals surface area contributed by atoms with Crippen LogP contribution in [0.2, 0.25) is 0 Å². The standard InChI is InChI=1S/C16H29NO5/c1-10(2)11(3)12(13(18)20-8)22-14(19)17-15(4,5)9-21-16(17,6)7/h10-12H,9H2,1-8H3/t11-,12-/m0/s1. The van der Waals surface area contributed by atoms with Gasteiger partial charge in [-0.1, -0.05) is 20.8 Å². The van der Waals surface area contributed by atoms with Crippen LogP contribution in [0.4, 0.5) is 4.79 Å². The second kappa shape index (κ2) is 6.44. The fourth-order valence-corrected chi connectivity index (χ4v) is 2.68. The van der Waals surface area contributed by atoms with Gasteiger partial charge in [-0.2, -0.15) is 0 Å². The normalized spacial score (nSPS) is 22.3. The summed E-state index contributed by atoms with van der Waals surface area (Å²) >= 11 is 0. The minimum atomic E-state index is -0.926. The highest BCUT2D eigenvalue weighted by Crippen LogP contribution is 2.35. The van der Waals surface area contributed by atoms with E-state index in [1.807, 2.05) is 48.5 Å². The van der Waals surface area contributed by atoms with Crippen LogP contribution in [0.1, 0.15) is 48.5 Å². The van der Waals surface area contributed by atoms with Crippen molar-refractivity contribution < 1.29 is 23.8 Å². The van der Waals surface area contributed by atoms with Crippen molar-refractivity contribution in [3.05, 3.63) is 0 Å². The van der Waals surface area contributed by atoms with Crippen LogP contribution in [0.3, 0.4) is 0 Å². The van der Waals surface area contributed by atoms with Crippen LogP contribution in [-0.2, 0) is 19.0 Å². The van der Waals surface area contributed by atoms with Crippen molar-refractivity contribution in [1.29, 1.82) is 0 Å². The Morgan fingerprint density at radius 3 is 2.05 bits per heavy atom. The van der Waals surface area contributed by atoms with Gasteiger partial charge in [0.15, 0.2) is 0 Å². The maximum atomic E-state index is 12.7. The van der Waals surface area contributed by atoms with Gasteiger partial charge in [0.2, 0.25) is 6.10 Å². The number of hydrogen-bond acceptors (Lipinski definition) is 5. The van der Waals surface area contributed by atoms with E-state index in [4.69, 9.17) is 14.2 Å². The number of nitrogens with zero attached hydrogens (tertiary/aromatic N) is 1. The summed E-state index contributed by atoms with van der Waals surface area (Å²) in [5.74, 6) is -0.510. The van der Waals surface area contributed by atoms with Gasteiger partial charge in [0.1, 0.15) is 5.72 Å². The molecule has 22 heavy (non-hydrogen) atoms. The molecule has 0 bridgehead atoms. The molecule has 1 rings (SSSR count). The molecular formula is C16H29NO5. The van der Waals surface area contributed by atoms with Crippen LogP contribution in [0.15, 0.2) is 0 Å². The molecule has 1 saturated heterocycles. The average molecular weight is 315 g/mol. The Hall–Kier alpha value is -1.30. The lowest BCUT2D eigenvalue weighted by Gasteiger charge is -2.38. The third kappa shape index (κ3) is 3.72. The van der Waals surface area contributed by atoms with E-state index in [1.54, 1.807) is 4.90 Å². The molecule has 0 unspecified atom stereocenters. The molecule has 0 spiro atoms. The lowest BCUT2D eigenvalue weighted by atomic mass is 9.92. The summed E-state index contributed by atoms with van der Waals surface area (Å²) in [6.07, 6.45) is -1.49. The molecule has 128 valence electrons. The van der Waals surface area contributed by atoms with Crippen molar-refractivity contribution in [2.45, 2.75) is 65.8 Å². The minimum Gasteiger partial charge on any atom is -0.466 e. The highest BCUT2D eigenvalue weighted by atomic mass is 16.6. The number of ether oxygens (including phenoxy) is 3. The molecule has 1 heterocycles. The van der Waals surface area contributed by atoms with E-state index in [1.165, 1.54) is 7.11 Å². The number of rotatable bonds is 4. The van der Waals surface area contributed by atoms with Gasteiger partial charge in [-0.15, -0.1) is 0 Å². The molecule has 1 amide bonds. The minimum absolute atomic E-state index is 0.147. The summed E-state index contributed by atoms with van der Waals surface area (Å²) in [5.41, 5.74) is -1.27. The number of methoxy groups -OCH3 is 1. The first-order valence-electron chi connectivity index (χ1n) is 7.67. The van der Waals surface area contributed by atoms with E-state index < -0.39 is 29.4 Å². The third-order valence-electron chi connectivity index (χ3n) is 4.30. The predicted molar refractivity (Wildman–Crippen MR) is 82.2 cm³/mol. The highest BCUT2D eigenvalue weighted by molar-refractivity contribution is 5.79. The van der Waals surface area contributed by atoms with Gasteiger partial charge < -0.3 is 14.2 Å². The van der Waals surface area contributed by atoms with Gasteiger partial charge in [0, 0.05) is 5.92 Å². The Bertz CT molecular complexity index is 414. The number of amides is 1. The van der Waals surface area contributed by atoms with Gasteiger partial charge in [-0.3, -0.25) is 4.90 Å². The summed E-state index contributed by atoms with van der Waals surface area (Å²) in [5, 5.41) is 0. The summed E-state index contributed by atoms with van der Waals surface area (Å²) in [4.78, 5) is 26.2. The second-order valence-electron chi connectivity index (χ2n) is 7.31. The van der Waals surface area contributed by atoms with E-state index in [-0.39, 0.29) is 11.8 Å². The topological polar surface area (TPSA) is 65.1 Å². The molecule has 6 nitrogen and oxygen atoms in total. The fraction of sp³-hybridized carbons (Fsp3) is 0.875. The van der Waals surface area contributed by atoms with Crippen LogP contribution in [0.25, 0.3) is 0 Å². The molecule has 0 radical (unpaired) electrons. The van der Waals surface area contributed by atoms with Gasteiger partial charge >= 0.3 is 12.1 Å². The van der Waals surface area contributed by atoms with Crippen molar-refractivity contribution in [1.82, 2.24) is 4.90 Å². The van der Waals surface area contributed by atoms with Crippen molar-refractivity contribution in [3.8, 4) is 0 Å². The van der Waals surface area contributed by atoms with E-state index in [0.29, 0.717) is 6.61 Å². The van der Waals surface area contributed by atoms with Crippen molar-refractivity contribution in [2.24, 2.45) is 11.8 Å². The number of carbonyl (C=O) groups is 2. The molecular weight excluding hydrogens is 286 g/mol. The van der Waals surface area contributed by atoms with Crippen LogP contribution >= 0.6 is 0 Å². The first-order valence-corrected chi connectivity index (χ1v) is 7.67. The molecule has 1 aliphatic rings. The Balaban J connectivity index is 2.98. The Morgan fingerprint density at radius 1 is 1.14 bits per heavy atom. The van der Waals surface area contributed by atoms with Gasteiger partial charge in [0.05, 0.1) is 19.3 Å². The monoisotopic (exact) mass is 315 g/mol. The second-order valence-corrected chi connectivity index (χ2v) is 7.31. The first kappa shape index (κ1) is 18.7. The Morgan fingerprint density at radius 2 is 1.68 bits per heavy atom. The van der Waals surface area contributed by atoms with Gasteiger partial charge in [0.25, 0.3) is 0 Å². The summed E-state index contributed by atoms with van der Waals surface area (Å²) in [6.45, 7) is 13.7. The molecule has 0 saturated carbocycles. The zero-order valence-electron chi connectivity index (χ0n) is 14.9. The van der Waals surface area contributed by atoms with Crippen LogP contribution in [0, 0.1) is 11.8 Å². The highest BCUT2D eigenvalue weighted by Gasteiger charge is 2.50. The smallest absolute Gasteiger partial charge is 0.413 e. The summed E-state index contributed by atoms with van der Waals surface area (Å²) in [7, 11) is 1.29. The van der Waals surface area contributed by atoms with Crippen molar-refractivity contribution in [3.63, 3.8) is 0 Å². The Labute approximate surface area is 133 Å². The molecule has 1 fully saturated rings. The van der Waals surface area contributed by atoms with Crippen LogP contribution in [0.5, 0.6) is 0 Å². The molecule has 6 heteroatoms. The summed E-state index contributed by atoms with van der Waals surface area (Å²) < 4.78 is 16.0. The van der Waals surface area contributed by atoms with Crippen molar-refractivity contribution >= 4 is 12.1 Å². The van der Waals surface area contributed by atoms with Crippen LogP contribution in [-0.4, -0.2) is 48.0 Å². The quantitative estimate of drug-likeness (QED) is 0.746. The molecule has 1 aliphatic heterocycles. The van der Waals surface area contributed by atoms with Crippen LogP contribution < -0.4 is 0 Å². The Kier molecular flexibility index (Phi) is 5.49. The molecule has 0 aromatic heterocycles. The van der Waals surface area contributed by atoms with Gasteiger partial charge in [-0.25, -0.2) is 9.59 Å². The fourth-order valence-electron chi connectivity index (χ4n) is 2.68. The number of carbonyl (C=O) groups excluding carboxylic acids is 2. The van der Waals surface area contributed by atoms with E-state index >= 15 is 0 Å². The zero-order valence-corrected chi connectivity index (χ0v) is 14.9. The average Bonchev–Trinajstić information content (AvgIpc) is 2.62.